The third kappa shape index (κ3) is 3.29. The van der Waals surface area contributed by atoms with Crippen LogP contribution in [0.4, 0.5) is 11.8 Å². The zero-order valence-electron chi connectivity index (χ0n) is 9.95. The lowest BCUT2D eigenvalue weighted by atomic mass is 10.4. The molecule has 0 radical (unpaired) electrons. The number of nitrogens with zero attached hydrogens (tertiary/aromatic N) is 3. The number of aromatic nitrogens is 2. The van der Waals surface area contributed by atoms with Crippen LogP contribution in [-0.2, 0) is 4.74 Å². The van der Waals surface area contributed by atoms with Crippen LogP contribution >= 0.6 is 15.9 Å². The van der Waals surface area contributed by atoms with Crippen molar-refractivity contribution in [1.82, 2.24) is 9.97 Å². The van der Waals surface area contributed by atoms with E-state index in [2.05, 4.69) is 36.1 Å². The molecule has 0 unspecified atom stereocenters. The second-order valence-corrected chi connectivity index (χ2v) is 4.70. The Bertz CT molecular complexity index is 366. The van der Waals surface area contributed by atoms with Gasteiger partial charge < -0.3 is 15.0 Å². The number of nitrogens with one attached hydrogen (secondary N) is 1. The Labute approximate surface area is 110 Å². The van der Waals surface area contributed by atoms with Gasteiger partial charge in [0.2, 0.25) is 5.95 Å². The predicted molar refractivity (Wildman–Crippen MR) is 71.5 cm³/mol. The second kappa shape index (κ2) is 6.16. The second-order valence-electron chi connectivity index (χ2n) is 3.85. The van der Waals surface area contributed by atoms with E-state index in [0.29, 0.717) is 5.95 Å². The number of rotatable bonds is 3. The summed E-state index contributed by atoms with van der Waals surface area (Å²) >= 11 is 3.51. The van der Waals surface area contributed by atoms with Crippen molar-refractivity contribution in [2.75, 3.05) is 43.1 Å². The minimum absolute atomic E-state index is 0.677. The van der Waals surface area contributed by atoms with E-state index < -0.39 is 0 Å². The third-order valence-corrected chi connectivity index (χ3v) is 3.14. The van der Waals surface area contributed by atoms with Crippen molar-refractivity contribution in [3.05, 3.63) is 10.7 Å². The van der Waals surface area contributed by atoms with Crippen LogP contribution in [0, 0.1) is 0 Å². The molecular formula is C11H17BrN4O. The Morgan fingerprint density at radius 2 is 2.35 bits per heavy atom. The van der Waals surface area contributed by atoms with E-state index in [9.17, 15) is 0 Å². The zero-order chi connectivity index (χ0) is 12.1. The first-order chi connectivity index (χ1) is 8.31. The summed E-state index contributed by atoms with van der Waals surface area (Å²) in [5.74, 6) is 1.62. The van der Waals surface area contributed by atoms with Gasteiger partial charge in [-0.3, -0.25) is 0 Å². The fourth-order valence-corrected chi connectivity index (χ4v) is 2.22. The van der Waals surface area contributed by atoms with Crippen molar-refractivity contribution in [2.45, 2.75) is 13.3 Å². The monoisotopic (exact) mass is 300 g/mol. The van der Waals surface area contributed by atoms with Gasteiger partial charge in [-0.05, 0) is 29.3 Å². The van der Waals surface area contributed by atoms with Gasteiger partial charge in [-0.25, -0.2) is 4.98 Å². The van der Waals surface area contributed by atoms with Gasteiger partial charge in [-0.2, -0.15) is 4.98 Å². The number of halogens is 1. The van der Waals surface area contributed by atoms with Gasteiger partial charge in [0.1, 0.15) is 5.82 Å². The van der Waals surface area contributed by atoms with Gasteiger partial charge in [0.25, 0.3) is 0 Å². The molecule has 1 N–H and O–H groups in total. The average molecular weight is 301 g/mol. The SMILES string of the molecule is CCNc1ncc(Br)c(N2CCCOCC2)n1. The Morgan fingerprint density at radius 1 is 1.47 bits per heavy atom. The molecule has 17 heavy (non-hydrogen) atoms. The fourth-order valence-electron chi connectivity index (χ4n) is 1.78. The van der Waals surface area contributed by atoms with Gasteiger partial charge in [-0.1, -0.05) is 0 Å². The number of hydrogen-bond donors (Lipinski definition) is 1. The minimum Gasteiger partial charge on any atom is -0.380 e. The molecule has 1 saturated heterocycles. The van der Waals surface area contributed by atoms with Crippen molar-refractivity contribution in [3.8, 4) is 0 Å². The quantitative estimate of drug-likeness (QED) is 0.924. The van der Waals surface area contributed by atoms with E-state index in [1.807, 2.05) is 6.92 Å². The number of anilines is 2. The molecule has 5 nitrogen and oxygen atoms in total. The van der Waals surface area contributed by atoms with Crippen molar-refractivity contribution >= 4 is 27.7 Å². The zero-order valence-corrected chi connectivity index (χ0v) is 11.5. The molecular weight excluding hydrogens is 284 g/mol. The summed E-state index contributed by atoms with van der Waals surface area (Å²) in [4.78, 5) is 11.0. The summed E-state index contributed by atoms with van der Waals surface area (Å²) in [5, 5.41) is 3.13. The molecule has 94 valence electrons. The Kier molecular flexibility index (Phi) is 4.56. The van der Waals surface area contributed by atoms with Crippen LogP contribution in [0.25, 0.3) is 0 Å². The molecule has 0 saturated carbocycles. The lowest BCUT2D eigenvalue weighted by Crippen LogP contribution is -2.27. The molecule has 0 aliphatic carbocycles. The minimum atomic E-state index is 0.677. The van der Waals surface area contributed by atoms with Gasteiger partial charge in [0.05, 0.1) is 11.1 Å². The van der Waals surface area contributed by atoms with Crippen LogP contribution in [0.15, 0.2) is 10.7 Å². The van der Waals surface area contributed by atoms with Crippen molar-refractivity contribution in [2.24, 2.45) is 0 Å². The third-order valence-electron chi connectivity index (χ3n) is 2.58. The highest BCUT2D eigenvalue weighted by Gasteiger charge is 2.15. The molecule has 0 bridgehead atoms. The van der Waals surface area contributed by atoms with E-state index in [4.69, 9.17) is 4.74 Å². The summed E-state index contributed by atoms with van der Waals surface area (Å²) in [5.41, 5.74) is 0. The highest BCUT2D eigenvalue weighted by atomic mass is 79.9. The summed E-state index contributed by atoms with van der Waals surface area (Å²) in [6, 6.07) is 0. The largest absolute Gasteiger partial charge is 0.380 e. The average Bonchev–Trinajstić information content (AvgIpc) is 2.60. The van der Waals surface area contributed by atoms with Crippen LogP contribution in [0.5, 0.6) is 0 Å². The van der Waals surface area contributed by atoms with E-state index in [1.54, 1.807) is 6.20 Å². The van der Waals surface area contributed by atoms with Crippen LogP contribution in [0.1, 0.15) is 13.3 Å². The lowest BCUT2D eigenvalue weighted by molar-refractivity contribution is 0.152. The van der Waals surface area contributed by atoms with Crippen LogP contribution in [0.2, 0.25) is 0 Å². The highest BCUT2D eigenvalue weighted by molar-refractivity contribution is 9.10. The summed E-state index contributed by atoms with van der Waals surface area (Å²) in [7, 11) is 0. The van der Waals surface area contributed by atoms with Crippen molar-refractivity contribution in [1.29, 1.82) is 0 Å². The van der Waals surface area contributed by atoms with Crippen LogP contribution in [-0.4, -0.2) is 42.8 Å². The maximum absolute atomic E-state index is 5.45. The summed E-state index contributed by atoms with van der Waals surface area (Å²) in [6.45, 7) is 6.30. The van der Waals surface area contributed by atoms with E-state index in [-0.39, 0.29) is 0 Å². The van der Waals surface area contributed by atoms with E-state index >= 15 is 0 Å². The first-order valence-electron chi connectivity index (χ1n) is 5.90. The molecule has 6 heteroatoms. The lowest BCUT2D eigenvalue weighted by Gasteiger charge is -2.22. The molecule has 1 aliphatic heterocycles. The summed E-state index contributed by atoms with van der Waals surface area (Å²) < 4.78 is 6.38. The molecule has 0 aromatic carbocycles. The first kappa shape index (κ1) is 12.6. The number of hydrogen-bond acceptors (Lipinski definition) is 5. The Morgan fingerprint density at radius 3 is 3.18 bits per heavy atom. The predicted octanol–water partition coefficient (Wildman–Crippen LogP) is 1.90. The standard InChI is InChI=1S/C11H17BrN4O/c1-2-13-11-14-8-9(12)10(15-11)16-4-3-6-17-7-5-16/h8H,2-7H2,1H3,(H,13,14,15). The molecule has 2 heterocycles. The highest BCUT2D eigenvalue weighted by Crippen LogP contribution is 2.24. The van der Waals surface area contributed by atoms with Crippen molar-refractivity contribution in [3.63, 3.8) is 0 Å². The van der Waals surface area contributed by atoms with Crippen LogP contribution < -0.4 is 10.2 Å². The van der Waals surface area contributed by atoms with Crippen molar-refractivity contribution < 1.29 is 4.74 Å². The maximum atomic E-state index is 5.45. The molecule has 1 fully saturated rings. The molecule has 1 aromatic rings. The molecule has 0 atom stereocenters. The van der Waals surface area contributed by atoms with Gasteiger partial charge in [-0.15, -0.1) is 0 Å². The van der Waals surface area contributed by atoms with Gasteiger partial charge in [0.15, 0.2) is 0 Å². The van der Waals surface area contributed by atoms with E-state index in [0.717, 1.165) is 49.6 Å². The fraction of sp³-hybridized carbons (Fsp3) is 0.636. The van der Waals surface area contributed by atoms with Gasteiger partial charge >= 0.3 is 0 Å². The Balaban J connectivity index is 2.19. The summed E-state index contributed by atoms with van der Waals surface area (Å²) in [6.07, 6.45) is 2.83. The molecule has 0 amide bonds. The van der Waals surface area contributed by atoms with Gasteiger partial charge in [0, 0.05) is 32.4 Å². The maximum Gasteiger partial charge on any atom is 0.224 e. The smallest absolute Gasteiger partial charge is 0.224 e. The normalized spacial score (nSPS) is 16.7. The van der Waals surface area contributed by atoms with Crippen LogP contribution in [0.3, 0.4) is 0 Å². The molecule has 0 spiro atoms. The first-order valence-corrected chi connectivity index (χ1v) is 6.69. The van der Waals surface area contributed by atoms with E-state index in [1.165, 1.54) is 0 Å². The molecule has 1 aliphatic rings. The topological polar surface area (TPSA) is 50.3 Å². The molecule has 1 aromatic heterocycles. The Hall–Kier alpha value is -0.880. The number of ether oxygens (including phenoxy) is 1. The molecule has 2 rings (SSSR count).